The Balaban J connectivity index is 1.98. The van der Waals surface area contributed by atoms with Crippen molar-refractivity contribution in [1.29, 1.82) is 0 Å². The van der Waals surface area contributed by atoms with Gasteiger partial charge in [0.05, 0.1) is 17.4 Å². The summed E-state index contributed by atoms with van der Waals surface area (Å²) in [4.78, 5) is 4.88. The van der Waals surface area contributed by atoms with E-state index in [9.17, 15) is 0 Å². The van der Waals surface area contributed by atoms with E-state index in [2.05, 4.69) is 35.9 Å². The maximum atomic E-state index is 4.88. The van der Waals surface area contributed by atoms with Crippen LogP contribution in [0.3, 0.4) is 0 Å². The molecule has 0 saturated heterocycles. The molecular weight excluding hydrogens is 208 g/mol. The van der Waals surface area contributed by atoms with Crippen LogP contribution in [0.4, 0.5) is 0 Å². The minimum Gasteiger partial charge on any atom is -0.342 e. The second kappa shape index (κ2) is 3.22. The van der Waals surface area contributed by atoms with Gasteiger partial charge in [-0.3, -0.25) is 4.99 Å². The van der Waals surface area contributed by atoms with Crippen LogP contribution in [0.2, 0.25) is 0 Å². The number of rotatable bonds is 1. The molecule has 0 unspecified atom stereocenters. The molecule has 0 N–H and O–H groups in total. The minimum atomic E-state index is 0.633. The van der Waals surface area contributed by atoms with Crippen molar-refractivity contribution in [3.05, 3.63) is 35.5 Å². The van der Waals surface area contributed by atoms with Crippen molar-refractivity contribution in [3.63, 3.8) is 0 Å². The fraction of sp³-hybridized carbons (Fsp3) is 0.400. The van der Waals surface area contributed by atoms with Gasteiger partial charge in [0.1, 0.15) is 0 Å². The summed E-state index contributed by atoms with van der Waals surface area (Å²) in [5.74, 6) is 0. The van der Waals surface area contributed by atoms with E-state index in [1.54, 1.807) is 0 Å². The predicted molar refractivity (Wildman–Crippen MR) is 70.8 cm³/mol. The van der Waals surface area contributed by atoms with Gasteiger partial charge in [-0.1, -0.05) is 18.2 Å². The van der Waals surface area contributed by atoms with Gasteiger partial charge < -0.3 is 4.57 Å². The van der Waals surface area contributed by atoms with Gasteiger partial charge in [0.2, 0.25) is 0 Å². The lowest BCUT2D eigenvalue weighted by Gasteiger charge is -2.03. The van der Waals surface area contributed by atoms with Crippen LogP contribution in [0.15, 0.2) is 29.3 Å². The third kappa shape index (κ3) is 1.30. The third-order valence-corrected chi connectivity index (χ3v) is 3.98. The molecule has 0 radical (unpaired) electrons. The van der Waals surface area contributed by atoms with Crippen molar-refractivity contribution in [2.45, 2.75) is 31.7 Å². The van der Waals surface area contributed by atoms with Crippen LogP contribution in [0.1, 0.15) is 30.5 Å². The number of aromatic nitrogens is 1. The second-order valence-electron chi connectivity index (χ2n) is 5.21. The van der Waals surface area contributed by atoms with Crippen molar-refractivity contribution in [3.8, 4) is 0 Å². The summed E-state index contributed by atoms with van der Waals surface area (Å²) in [5, 5.41) is 1.42. The third-order valence-electron chi connectivity index (χ3n) is 3.98. The number of benzene rings is 1. The van der Waals surface area contributed by atoms with E-state index in [4.69, 9.17) is 4.99 Å². The topological polar surface area (TPSA) is 17.3 Å². The van der Waals surface area contributed by atoms with Crippen LogP contribution in [0, 0.1) is 0 Å². The zero-order chi connectivity index (χ0) is 11.4. The molecule has 1 aromatic carbocycles. The van der Waals surface area contributed by atoms with Crippen molar-refractivity contribution in [2.75, 3.05) is 0 Å². The van der Waals surface area contributed by atoms with Gasteiger partial charge in [-0.05, 0) is 37.3 Å². The SMILES string of the molecule is Cn1c2c(c3ccccc31)CC/C2=N/C1CC1. The average molecular weight is 224 g/mol. The Labute approximate surface area is 101 Å². The molecule has 2 aromatic rings. The van der Waals surface area contributed by atoms with Crippen LogP contribution in [-0.2, 0) is 13.5 Å². The summed E-state index contributed by atoms with van der Waals surface area (Å²) < 4.78 is 2.33. The maximum Gasteiger partial charge on any atom is 0.0662 e. The zero-order valence-electron chi connectivity index (χ0n) is 10.1. The van der Waals surface area contributed by atoms with Gasteiger partial charge in [-0.25, -0.2) is 0 Å². The van der Waals surface area contributed by atoms with Crippen molar-refractivity contribution in [2.24, 2.45) is 12.0 Å². The lowest BCUT2D eigenvalue weighted by atomic mass is 10.1. The van der Waals surface area contributed by atoms with Gasteiger partial charge in [0, 0.05) is 18.0 Å². The number of para-hydroxylation sites is 1. The molecule has 1 heterocycles. The molecule has 0 spiro atoms. The summed E-state index contributed by atoms with van der Waals surface area (Å²) in [6.07, 6.45) is 4.90. The number of aryl methyl sites for hydroxylation is 2. The molecule has 0 aliphatic heterocycles. The highest BCUT2D eigenvalue weighted by Crippen LogP contribution is 2.34. The second-order valence-corrected chi connectivity index (χ2v) is 5.21. The molecule has 4 rings (SSSR count). The molecule has 0 bridgehead atoms. The largest absolute Gasteiger partial charge is 0.342 e. The fourth-order valence-corrected chi connectivity index (χ4v) is 3.00. The fourth-order valence-electron chi connectivity index (χ4n) is 3.00. The van der Waals surface area contributed by atoms with E-state index in [0.717, 1.165) is 6.42 Å². The van der Waals surface area contributed by atoms with Crippen molar-refractivity contribution < 1.29 is 0 Å². The monoisotopic (exact) mass is 224 g/mol. The Morgan fingerprint density at radius 2 is 2.00 bits per heavy atom. The molecule has 1 saturated carbocycles. The van der Waals surface area contributed by atoms with Gasteiger partial charge in [0.25, 0.3) is 0 Å². The molecule has 1 aromatic heterocycles. The lowest BCUT2D eigenvalue weighted by molar-refractivity contribution is 0.946. The van der Waals surface area contributed by atoms with Gasteiger partial charge in [-0.15, -0.1) is 0 Å². The minimum absolute atomic E-state index is 0.633. The normalized spacial score (nSPS) is 21.4. The zero-order valence-corrected chi connectivity index (χ0v) is 10.1. The molecule has 1 fully saturated rings. The van der Waals surface area contributed by atoms with Gasteiger partial charge in [0.15, 0.2) is 0 Å². The Kier molecular flexibility index (Phi) is 1.79. The Morgan fingerprint density at radius 1 is 1.18 bits per heavy atom. The molecule has 2 heteroatoms. The summed E-state index contributed by atoms with van der Waals surface area (Å²) in [6, 6.07) is 9.35. The van der Waals surface area contributed by atoms with E-state index < -0.39 is 0 Å². The summed E-state index contributed by atoms with van der Waals surface area (Å²) in [5.41, 5.74) is 5.61. The first-order valence-corrected chi connectivity index (χ1v) is 6.48. The molecule has 2 aliphatic carbocycles. The van der Waals surface area contributed by atoms with Crippen LogP contribution < -0.4 is 0 Å². The van der Waals surface area contributed by atoms with Crippen molar-refractivity contribution in [1.82, 2.24) is 4.57 Å². The number of hydrogen-bond donors (Lipinski definition) is 0. The first kappa shape index (κ1) is 9.46. The van der Waals surface area contributed by atoms with Crippen LogP contribution in [0.25, 0.3) is 10.9 Å². The molecule has 0 atom stereocenters. The summed E-state index contributed by atoms with van der Waals surface area (Å²) >= 11 is 0. The maximum absolute atomic E-state index is 4.88. The predicted octanol–water partition coefficient (Wildman–Crippen LogP) is 3.08. The molecule has 17 heavy (non-hydrogen) atoms. The van der Waals surface area contributed by atoms with E-state index in [1.807, 2.05) is 0 Å². The quantitative estimate of drug-likeness (QED) is 0.708. The van der Waals surface area contributed by atoms with E-state index in [0.29, 0.717) is 6.04 Å². The molecule has 86 valence electrons. The van der Waals surface area contributed by atoms with E-state index in [-0.39, 0.29) is 0 Å². The highest BCUT2D eigenvalue weighted by atomic mass is 15.0. The number of fused-ring (bicyclic) bond motifs is 3. The number of hydrogen-bond acceptors (Lipinski definition) is 1. The van der Waals surface area contributed by atoms with Gasteiger partial charge in [-0.2, -0.15) is 0 Å². The standard InChI is InChI=1S/C15H16N2/c1-17-14-5-3-2-4-11(14)12-8-9-13(15(12)17)16-10-6-7-10/h2-5,10H,6-9H2,1H3/b16-13-. The Morgan fingerprint density at radius 3 is 2.82 bits per heavy atom. The first-order valence-electron chi connectivity index (χ1n) is 6.48. The number of nitrogens with zero attached hydrogens (tertiary/aromatic N) is 2. The molecule has 2 aliphatic rings. The summed E-state index contributed by atoms with van der Waals surface area (Å²) in [7, 11) is 2.18. The number of aliphatic imine (C=N–C) groups is 1. The van der Waals surface area contributed by atoms with Crippen LogP contribution in [0.5, 0.6) is 0 Å². The summed E-state index contributed by atoms with van der Waals surface area (Å²) in [6.45, 7) is 0. The molecular formula is C15H16N2. The van der Waals surface area contributed by atoms with Crippen molar-refractivity contribution >= 4 is 16.6 Å². The first-order chi connectivity index (χ1) is 8.34. The average Bonchev–Trinajstić information content (AvgIpc) is 2.99. The smallest absolute Gasteiger partial charge is 0.0662 e. The highest BCUT2D eigenvalue weighted by molar-refractivity contribution is 6.09. The molecule has 0 amide bonds. The highest BCUT2D eigenvalue weighted by Gasteiger charge is 2.28. The van der Waals surface area contributed by atoms with Gasteiger partial charge >= 0.3 is 0 Å². The van der Waals surface area contributed by atoms with E-state index >= 15 is 0 Å². The lowest BCUT2D eigenvalue weighted by Crippen LogP contribution is -2.04. The Bertz CT molecular complexity index is 630. The molecule has 2 nitrogen and oxygen atoms in total. The van der Waals surface area contributed by atoms with E-state index in [1.165, 1.54) is 47.1 Å². The Hall–Kier alpha value is -1.57. The van der Waals surface area contributed by atoms with Crippen LogP contribution >= 0.6 is 0 Å². The van der Waals surface area contributed by atoms with Crippen LogP contribution in [-0.4, -0.2) is 16.3 Å².